The van der Waals surface area contributed by atoms with E-state index in [1.54, 1.807) is 0 Å². The maximum absolute atomic E-state index is 11.9. The van der Waals surface area contributed by atoms with Gasteiger partial charge < -0.3 is 9.47 Å². The van der Waals surface area contributed by atoms with Crippen molar-refractivity contribution in [3.8, 4) is 0 Å². The molecule has 0 saturated carbocycles. The molecule has 21 heavy (non-hydrogen) atoms. The number of carbonyl (C=O) groups is 1. The molecule has 0 aliphatic carbocycles. The lowest BCUT2D eigenvalue weighted by molar-refractivity contribution is -0.148. The van der Waals surface area contributed by atoms with Gasteiger partial charge in [0.1, 0.15) is 5.54 Å². The zero-order chi connectivity index (χ0) is 16.5. The highest BCUT2D eigenvalue weighted by Gasteiger charge is 2.33. The number of methoxy groups -OCH3 is 1. The Morgan fingerprint density at radius 2 is 1.67 bits per heavy atom. The summed E-state index contributed by atoms with van der Waals surface area (Å²) in [6, 6.07) is 0.247. The molecule has 0 aromatic carbocycles. The summed E-state index contributed by atoms with van der Waals surface area (Å²) in [5.74, 6) is -0.190. The molecule has 0 aromatic rings. The van der Waals surface area contributed by atoms with Gasteiger partial charge in [-0.2, -0.15) is 0 Å². The Labute approximate surface area is 131 Å². The molecular weight excluding hydrogens is 266 g/mol. The minimum absolute atomic E-state index is 0.190. The predicted octanol–water partition coefficient (Wildman–Crippen LogP) is 3.54. The van der Waals surface area contributed by atoms with Gasteiger partial charge in [-0.25, -0.2) is 0 Å². The molecular formula is C17H35NO3. The predicted molar refractivity (Wildman–Crippen MR) is 87.4 cm³/mol. The molecule has 4 nitrogen and oxygen atoms in total. The van der Waals surface area contributed by atoms with Crippen molar-refractivity contribution < 1.29 is 14.3 Å². The topological polar surface area (TPSA) is 47.6 Å². The Morgan fingerprint density at radius 1 is 1.05 bits per heavy atom. The number of ether oxygens (including phenoxy) is 2. The highest BCUT2D eigenvalue weighted by Crippen LogP contribution is 2.19. The van der Waals surface area contributed by atoms with E-state index < -0.39 is 5.54 Å². The van der Waals surface area contributed by atoms with Crippen LogP contribution in [-0.4, -0.2) is 37.9 Å². The first kappa shape index (κ1) is 20.4. The van der Waals surface area contributed by atoms with E-state index in [9.17, 15) is 4.79 Å². The second-order valence-corrected chi connectivity index (χ2v) is 7.50. The van der Waals surface area contributed by atoms with E-state index in [0.717, 1.165) is 38.9 Å². The fourth-order valence-electron chi connectivity index (χ4n) is 2.26. The molecule has 0 rings (SSSR count). The lowest BCUT2D eigenvalue weighted by Gasteiger charge is -2.30. The van der Waals surface area contributed by atoms with Crippen LogP contribution >= 0.6 is 0 Å². The summed E-state index contributed by atoms with van der Waals surface area (Å²) < 4.78 is 10.6. The molecule has 1 N–H and O–H groups in total. The molecule has 0 aliphatic rings. The second-order valence-electron chi connectivity index (χ2n) is 7.50. The molecule has 0 heterocycles. The maximum Gasteiger partial charge on any atom is 0.325 e. The number of hydrogen-bond donors (Lipinski definition) is 1. The Hall–Kier alpha value is -0.610. The van der Waals surface area contributed by atoms with Gasteiger partial charge in [0.2, 0.25) is 0 Å². The standard InChI is InChI=1S/C17H35NO3/c1-14(2)18-17(6,15(19)20-7)10-8-9-12-21-13-11-16(3,4)5/h14,18H,8-13H2,1-7H3. The quantitative estimate of drug-likeness (QED) is 0.495. The van der Waals surface area contributed by atoms with Gasteiger partial charge in [-0.3, -0.25) is 10.1 Å². The zero-order valence-corrected chi connectivity index (χ0v) is 15.0. The van der Waals surface area contributed by atoms with Gasteiger partial charge >= 0.3 is 5.97 Å². The van der Waals surface area contributed by atoms with Crippen molar-refractivity contribution in [2.75, 3.05) is 20.3 Å². The molecule has 126 valence electrons. The molecule has 4 heteroatoms. The van der Waals surface area contributed by atoms with Gasteiger partial charge in [0.25, 0.3) is 0 Å². The van der Waals surface area contributed by atoms with E-state index in [4.69, 9.17) is 9.47 Å². The lowest BCUT2D eigenvalue weighted by Crippen LogP contribution is -2.52. The third-order valence-corrected chi connectivity index (χ3v) is 3.46. The van der Waals surface area contributed by atoms with Crippen molar-refractivity contribution in [3.05, 3.63) is 0 Å². The summed E-state index contributed by atoms with van der Waals surface area (Å²) in [5, 5.41) is 3.31. The van der Waals surface area contributed by atoms with E-state index in [1.165, 1.54) is 7.11 Å². The van der Waals surface area contributed by atoms with Crippen molar-refractivity contribution in [1.82, 2.24) is 5.32 Å². The van der Waals surface area contributed by atoms with Crippen molar-refractivity contribution >= 4 is 5.97 Å². The van der Waals surface area contributed by atoms with Crippen molar-refractivity contribution in [2.24, 2.45) is 5.41 Å². The number of nitrogens with one attached hydrogen (secondary N) is 1. The molecule has 1 atom stereocenters. The summed E-state index contributed by atoms with van der Waals surface area (Å²) in [5.41, 5.74) is -0.279. The van der Waals surface area contributed by atoms with E-state index >= 15 is 0 Å². The minimum Gasteiger partial charge on any atom is -0.468 e. The van der Waals surface area contributed by atoms with Crippen LogP contribution in [0.2, 0.25) is 0 Å². The molecule has 0 aliphatic heterocycles. The Bertz CT molecular complexity index is 297. The van der Waals surface area contributed by atoms with Crippen LogP contribution < -0.4 is 5.32 Å². The third-order valence-electron chi connectivity index (χ3n) is 3.46. The summed E-state index contributed by atoms with van der Waals surface area (Å²) in [6.07, 6.45) is 3.75. The average molecular weight is 301 g/mol. The van der Waals surface area contributed by atoms with Crippen LogP contribution in [0.3, 0.4) is 0 Å². The summed E-state index contributed by atoms with van der Waals surface area (Å²) in [7, 11) is 1.44. The smallest absolute Gasteiger partial charge is 0.325 e. The first-order valence-corrected chi connectivity index (χ1v) is 8.04. The molecule has 1 unspecified atom stereocenters. The Morgan fingerprint density at radius 3 is 2.14 bits per heavy atom. The highest BCUT2D eigenvalue weighted by molar-refractivity contribution is 5.80. The van der Waals surface area contributed by atoms with Crippen LogP contribution in [0.4, 0.5) is 0 Å². The Kier molecular flexibility index (Phi) is 9.14. The minimum atomic E-state index is -0.603. The number of hydrogen-bond acceptors (Lipinski definition) is 4. The molecule has 0 amide bonds. The van der Waals surface area contributed by atoms with E-state index in [1.807, 2.05) is 20.8 Å². The van der Waals surface area contributed by atoms with Gasteiger partial charge in [-0.05, 0) is 51.9 Å². The molecule has 0 saturated heterocycles. The highest BCUT2D eigenvalue weighted by atomic mass is 16.5. The van der Waals surface area contributed by atoms with Gasteiger partial charge in [-0.15, -0.1) is 0 Å². The van der Waals surface area contributed by atoms with Gasteiger partial charge in [0.05, 0.1) is 7.11 Å². The first-order valence-electron chi connectivity index (χ1n) is 8.04. The lowest BCUT2D eigenvalue weighted by atomic mass is 9.93. The molecule has 0 spiro atoms. The van der Waals surface area contributed by atoms with Crippen LogP contribution in [0.15, 0.2) is 0 Å². The summed E-state index contributed by atoms with van der Waals surface area (Å²) in [6.45, 7) is 14.2. The molecule has 0 bridgehead atoms. The first-order chi connectivity index (χ1) is 9.60. The number of rotatable bonds is 10. The van der Waals surface area contributed by atoms with Crippen LogP contribution in [0.25, 0.3) is 0 Å². The zero-order valence-electron chi connectivity index (χ0n) is 15.0. The molecule has 0 radical (unpaired) electrons. The van der Waals surface area contributed by atoms with E-state index in [-0.39, 0.29) is 12.0 Å². The Balaban J connectivity index is 3.97. The normalized spacial score (nSPS) is 15.0. The molecule has 0 aromatic heterocycles. The number of carbonyl (C=O) groups excluding carboxylic acids is 1. The van der Waals surface area contributed by atoms with Crippen LogP contribution in [0, 0.1) is 5.41 Å². The van der Waals surface area contributed by atoms with Crippen molar-refractivity contribution in [1.29, 1.82) is 0 Å². The largest absolute Gasteiger partial charge is 0.468 e. The van der Waals surface area contributed by atoms with Gasteiger partial charge in [-0.1, -0.05) is 20.8 Å². The fourth-order valence-corrected chi connectivity index (χ4v) is 2.26. The molecule has 0 fully saturated rings. The average Bonchev–Trinajstić information content (AvgIpc) is 2.34. The maximum atomic E-state index is 11.9. The van der Waals surface area contributed by atoms with E-state index in [0.29, 0.717) is 5.41 Å². The number of esters is 1. The second kappa shape index (κ2) is 9.42. The summed E-state index contributed by atoms with van der Waals surface area (Å²) in [4.78, 5) is 11.9. The van der Waals surface area contributed by atoms with Crippen molar-refractivity contribution in [3.63, 3.8) is 0 Å². The van der Waals surface area contributed by atoms with Crippen molar-refractivity contribution in [2.45, 2.75) is 78.8 Å². The number of unbranched alkanes of at least 4 members (excludes halogenated alkanes) is 1. The SMILES string of the molecule is COC(=O)C(C)(CCCCOCCC(C)(C)C)NC(C)C. The van der Waals surface area contributed by atoms with Crippen LogP contribution in [0.5, 0.6) is 0 Å². The van der Waals surface area contributed by atoms with Gasteiger partial charge in [0, 0.05) is 19.3 Å². The third kappa shape index (κ3) is 9.86. The van der Waals surface area contributed by atoms with Crippen LogP contribution in [0.1, 0.15) is 67.2 Å². The van der Waals surface area contributed by atoms with Gasteiger partial charge in [0.15, 0.2) is 0 Å². The summed E-state index contributed by atoms with van der Waals surface area (Å²) >= 11 is 0. The van der Waals surface area contributed by atoms with E-state index in [2.05, 4.69) is 26.1 Å². The monoisotopic (exact) mass is 301 g/mol. The fraction of sp³-hybridized carbons (Fsp3) is 0.941. The van der Waals surface area contributed by atoms with Crippen LogP contribution in [-0.2, 0) is 14.3 Å².